The van der Waals surface area contributed by atoms with E-state index in [-0.39, 0.29) is 5.41 Å². The number of aromatic nitrogens is 3. The van der Waals surface area contributed by atoms with Crippen molar-refractivity contribution >= 4 is 17.3 Å². The monoisotopic (exact) mass is 355 g/mol. The fraction of sp³-hybridized carbons (Fsp3) is 0.316. The molecule has 0 radical (unpaired) electrons. The van der Waals surface area contributed by atoms with Gasteiger partial charge in [-0.25, -0.2) is 14.5 Å². The van der Waals surface area contributed by atoms with Gasteiger partial charge in [-0.3, -0.25) is 0 Å². The second kappa shape index (κ2) is 6.80. The first-order chi connectivity index (χ1) is 11.9. The second-order valence-corrected chi connectivity index (χ2v) is 7.51. The van der Waals surface area contributed by atoms with Crippen molar-refractivity contribution in [3.05, 3.63) is 53.2 Å². The van der Waals surface area contributed by atoms with Gasteiger partial charge in [-0.05, 0) is 13.0 Å². The Balaban J connectivity index is 2.06. The van der Waals surface area contributed by atoms with Crippen LogP contribution in [0.3, 0.4) is 0 Å². The van der Waals surface area contributed by atoms with Gasteiger partial charge in [0.15, 0.2) is 5.69 Å². The molecule has 0 spiro atoms. The zero-order valence-corrected chi connectivity index (χ0v) is 15.6. The minimum absolute atomic E-state index is 0.115. The lowest BCUT2D eigenvalue weighted by Gasteiger charge is -2.18. The Morgan fingerprint density at radius 3 is 2.60 bits per heavy atom. The van der Waals surface area contributed by atoms with E-state index in [2.05, 4.69) is 31.8 Å². The number of rotatable bonds is 4. The van der Waals surface area contributed by atoms with Gasteiger partial charge in [-0.2, -0.15) is 5.10 Å². The average Bonchev–Trinajstić information content (AvgIpc) is 3.22. The van der Waals surface area contributed by atoms with Crippen molar-refractivity contribution in [1.29, 1.82) is 0 Å². The quantitative estimate of drug-likeness (QED) is 0.648. The first-order valence-corrected chi connectivity index (χ1v) is 9.07. The van der Waals surface area contributed by atoms with Gasteiger partial charge < -0.3 is 4.74 Å². The predicted molar refractivity (Wildman–Crippen MR) is 99.3 cm³/mol. The molecule has 2 aromatic heterocycles. The number of hydrogen-bond donors (Lipinski definition) is 0. The zero-order valence-electron chi connectivity index (χ0n) is 14.8. The molecule has 2 heterocycles. The van der Waals surface area contributed by atoms with Gasteiger partial charge in [0, 0.05) is 16.4 Å². The van der Waals surface area contributed by atoms with Crippen molar-refractivity contribution in [2.75, 3.05) is 6.61 Å². The molecule has 0 saturated carbocycles. The fourth-order valence-electron chi connectivity index (χ4n) is 2.47. The summed E-state index contributed by atoms with van der Waals surface area (Å²) in [5.74, 6) is -0.405. The summed E-state index contributed by atoms with van der Waals surface area (Å²) in [5.41, 5.74) is 3.18. The third-order valence-corrected chi connectivity index (χ3v) is 4.52. The minimum atomic E-state index is -0.405. The van der Waals surface area contributed by atoms with Crippen LogP contribution >= 0.6 is 11.3 Å². The highest BCUT2D eigenvalue weighted by Crippen LogP contribution is 2.30. The largest absolute Gasteiger partial charge is 0.461 e. The molecule has 0 amide bonds. The number of nitrogens with zero attached hydrogens (tertiary/aromatic N) is 3. The Kier molecular flexibility index (Phi) is 4.72. The summed E-state index contributed by atoms with van der Waals surface area (Å²) in [6.45, 7) is 8.51. The smallest absolute Gasteiger partial charge is 0.357 e. The van der Waals surface area contributed by atoms with Crippen LogP contribution in [0.1, 0.15) is 43.9 Å². The molecule has 0 unspecified atom stereocenters. The van der Waals surface area contributed by atoms with Crippen molar-refractivity contribution < 1.29 is 9.53 Å². The molecule has 0 bridgehead atoms. The Bertz CT molecular complexity index is 876. The predicted octanol–water partition coefficient (Wildman–Crippen LogP) is 4.47. The minimum Gasteiger partial charge on any atom is -0.461 e. The molecule has 5 nitrogen and oxygen atoms in total. The molecule has 0 N–H and O–H groups in total. The van der Waals surface area contributed by atoms with Gasteiger partial charge in [-0.15, -0.1) is 11.3 Å². The van der Waals surface area contributed by atoms with Gasteiger partial charge in [0.1, 0.15) is 0 Å². The van der Waals surface area contributed by atoms with Gasteiger partial charge in [0.25, 0.3) is 0 Å². The summed E-state index contributed by atoms with van der Waals surface area (Å²) in [5, 5.41) is 7.12. The van der Waals surface area contributed by atoms with Crippen LogP contribution < -0.4 is 0 Å². The molecular weight excluding hydrogens is 334 g/mol. The second-order valence-electron chi connectivity index (χ2n) is 6.68. The molecule has 25 heavy (non-hydrogen) atoms. The van der Waals surface area contributed by atoms with E-state index in [9.17, 15) is 4.79 Å². The van der Waals surface area contributed by atoms with Gasteiger partial charge >= 0.3 is 5.97 Å². The van der Waals surface area contributed by atoms with E-state index in [1.807, 2.05) is 35.0 Å². The molecule has 1 aromatic carbocycles. The Morgan fingerprint density at radius 1 is 1.24 bits per heavy atom. The summed E-state index contributed by atoms with van der Waals surface area (Å²) in [4.78, 5) is 16.3. The normalized spacial score (nSPS) is 11.5. The molecule has 6 heteroatoms. The first kappa shape index (κ1) is 17.4. The lowest BCUT2D eigenvalue weighted by atomic mass is 9.91. The zero-order chi connectivity index (χ0) is 18.0. The summed E-state index contributed by atoms with van der Waals surface area (Å²) in [6.07, 6.45) is 0. The standard InChI is InChI=1S/C19H21N3O2S/c1-5-24-17(23)15-12-25-18(20-15)22-16(19(2,3)4)11-14(21-22)13-9-7-6-8-10-13/h6-12H,5H2,1-4H3. The summed E-state index contributed by atoms with van der Waals surface area (Å²) in [6, 6.07) is 12.1. The van der Waals surface area contributed by atoms with Crippen LogP contribution in [0.5, 0.6) is 0 Å². The van der Waals surface area contributed by atoms with E-state index < -0.39 is 5.97 Å². The third-order valence-electron chi connectivity index (χ3n) is 3.71. The van der Waals surface area contributed by atoms with Crippen LogP contribution in [-0.4, -0.2) is 27.3 Å². The first-order valence-electron chi connectivity index (χ1n) is 8.19. The Labute approximate surface area is 151 Å². The van der Waals surface area contributed by atoms with Crippen LogP contribution in [0.2, 0.25) is 0 Å². The molecular formula is C19H21N3O2S. The number of ether oxygens (including phenoxy) is 1. The third kappa shape index (κ3) is 3.64. The van der Waals surface area contributed by atoms with Crippen LogP contribution in [0.4, 0.5) is 0 Å². The van der Waals surface area contributed by atoms with Crippen molar-refractivity contribution in [2.45, 2.75) is 33.1 Å². The van der Waals surface area contributed by atoms with E-state index in [1.165, 1.54) is 11.3 Å². The van der Waals surface area contributed by atoms with Gasteiger partial charge in [-0.1, -0.05) is 51.1 Å². The molecule has 0 saturated heterocycles. The van der Waals surface area contributed by atoms with Crippen LogP contribution in [-0.2, 0) is 10.2 Å². The van der Waals surface area contributed by atoms with Crippen LogP contribution in [0.15, 0.2) is 41.8 Å². The number of esters is 1. The van der Waals surface area contributed by atoms with Crippen molar-refractivity contribution in [3.8, 4) is 16.4 Å². The van der Waals surface area contributed by atoms with E-state index >= 15 is 0 Å². The maximum absolute atomic E-state index is 11.9. The molecule has 0 aliphatic heterocycles. The van der Waals surface area contributed by atoms with Crippen molar-refractivity contribution in [2.24, 2.45) is 0 Å². The van der Waals surface area contributed by atoms with Gasteiger partial charge in [0.05, 0.1) is 18.0 Å². The molecule has 3 rings (SSSR count). The highest BCUT2D eigenvalue weighted by atomic mass is 32.1. The van der Waals surface area contributed by atoms with Crippen molar-refractivity contribution in [1.82, 2.24) is 14.8 Å². The maximum atomic E-state index is 11.9. The number of thiazole rings is 1. The summed E-state index contributed by atoms with van der Waals surface area (Å²) < 4.78 is 6.85. The summed E-state index contributed by atoms with van der Waals surface area (Å²) in [7, 11) is 0. The summed E-state index contributed by atoms with van der Waals surface area (Å²) >= 11 is 1.38. The molecule has 0 aliphatic carbocycles. The molecule has 0 fully saturated rings. The van der Waals surface area contributed by atoms with E-state index in [0.29, 0.717) is 17.4 Å². The molecule has 0 aliphatic rings. The number of benzene rings is 1. The van der Waals surface area contributed by atoms with Crippen molar-refractivity contribution in [3.63, 3.8) is 0 Å². The topological polar surface area (TPSA) is 57.0 Å². The number of hydrogen-bond acceptors (Lipinski definition) is 5. The lowest BCUT2D eigenvalue weighted by Crippen LogP contribution is -2.17. The fourth-order valence-corrected chi connectivity index (χ4v) is 3.23. The molecule has 0 atom stereocenters. The maximum Gasteiger partial charge on any atom is 0.357 e. The van der Waals surface area contributed by atoms with E-state index in [0.717, 1.165) is 17.0 Å². The molecule has 3 aromatic rings. The van der Waals surface area contributed by atoms with E-state index in [4.69, 9.17) is 9.84 Å². The van der Waals surface area contributed by atoms with Crippen LogP contribution in [0, 0.1) is 0 Å². The Hall–Kier alpha value is -2.47. The highest BCUT2D eigenvalue weighted by molar-refractivity contribution is 7.12. The lowest BCUT2D eigenvalue weighted by molar-refractivity contribution is 0.0520. The SMILES string of the molecule is CCOC(=O)c1csc(-n2nc(-c3ccccc3)cc2C(C)(C)C)n1. The average molecular weight is 355 g/mol. The molecule has 130 valence electrons. The Morgan fingerprint density at radius 2 is 1.96 bits per heavy atom. The van der Waals surface area contributed by atoms with Gasteiger partial charge in [0.2, 0.25) is 5.13 Å². The number of carbonyl (C=O) groups is 1. The highest BCUT2D eigenvalue weighted by Gasteiger charge is 2.24. The van der Waals surface area contributed by atoms with Crippen LogP contribution in [0.25, 0.3) is 16.4 Å². The van der Waals surface area contributed by atoms with E-state index in [1.54, 1.807) is 12.3 Å². The number of carbonyl (C=O) groups excluding carboxylic acids is 1.